The molecule has 2 atom stereocenters. The summed E-state index contributed by atoms with van der Waals surface area (Å²) in [6.45, 7) is 6.72. The number of nitrogens with two attached hydrogens (primary N) is 1. The SMILES string of the molecule is CCCCCCCOC(=O)[C@@H](N)C(C)CC. The number of esters is 1. The van der Waals surface area contributed by atoms with Crippen molar-refractivity contribution in [3.05, 3.63) is 0 Å². The molecular formula is C13H27NO2. The smallest absolute Gasteiger partial charge is 0.323 e. The van der Waals surface area contributed by atoms with E-state index in [2.05, 4.69) is 6.92 Å². The van der Waals surface area contributed by atoms with Gasteiger partial charge in [-0.2, -0.15) is 0 Å². The van der Waals surface area contributed by atoms with Crippen LogP contribution in [-0.2, 0) is 9.53 Å². The number of hydrogen-bond acceptors (Lipinski definition) is 3. The summed E-state index contributed by atoms with van der Waals surface area (Å²) in [6, 6.07) is -0.458. The molecule has 0 heterocycles. The van der Waals surface area contributed by atoms with E-state index in [1.54, 1.807) is 0 Å². The van der Waals surface area contributed by atoms with Gasteiger partial charge in [0.2, 0.25) is 0 Å². The van der Waals surface area contributed by atoms with Crippen LogP contribution in [0.5, 0.6) is 0 Å². The molecule has 3 heteroatoms. The van der Waals surface area contributed by atoms with Crippen molar-refractivity contribution < 1.29 is 9.53 Å². The van der Waals surface area contributed by atoms with Gasteiger partial charge in [-0.15, -0.1) is 0 Å². The molecule has 0 saturated heterocycles. The third-order valence-electron chi connectivity index (χ3n) is 3.02. The molecule has 0 aromatic carbocycles. The van der Waals surface area contributed by atoms with E-state index < -0.39 is 6.04 Å². The van der Waals surface area contributed by atoms with Gasteiger partial charge in [0.25, 0.3) is 0 Å². The second-order valence-electron chi connectivity index (χ2n) is 4.49. The molecule has 16 heavy (non-hydrogen) atoms. The number of rotatable bonds is 9. The van der Waals surface area contributed by atoms with Crippen LogP contribution in [0.25, 0.3) is 0 Å². The van der Waals surface area contributed by atoms with E-state index in [1.165, 1.54) is 19.3 Å². The Morgan fingerprint density at radius 3 is 2.38 bits per heavy atom. The quantitative estimate of drug-likeness (QED) is 0.488. The van der Waals surface area contributed by atoms with Gasteiger partial charge in [0.1, 0.15) is 6.04 Å². The van der Waals surface area contributed by atoms with Crippen LogP contribution in [0.15, 0.2) is 0 Å². The highest BCUT2D eigenvalue weighted by molar-refractivity contribution is 5.75. The van der Waals surface area contributed by atoms with Gasteiger partial charge in [-0.05, 0) is 12.3 Å². The molecule has 0 aliphatic heterocycles. The molecule has 0 saturated carbocycles. The predicted octanol–water partition coefficient (Wildman–Crippen LogP) is 2.87. The second kappa shape index (κ2) is 9.64. The van der Waals surface area contributed by atoms with E-state index in [-0.39, 0.29) is 11.9 Å². The van der Waals surface area contributed by atoms with E-state index in [0.29, 0.717) is 6.61 Å². The monoisotopic (exact) mass is 229 g/mol. The Labute approximate surface area is 99.7 Å². The van der Waals surface area contributed by atoms with Crippen LogP contribution in [0.2, 0.25) is 0 Å². The fourth-order valence-corrected chi connectivity index (χ4v) is 1.46. The minimum atomic E-state index is -0.458. The standard InChI is InChI=1S/C13H27NO2/c1-4-6-7-8-9-10-16-13(15)12(14)11(3)5-2/h11-12H,4-10,14H2,1-3H3/t11?,12-/m0/s1. The van der Waals surface area contributed by atoms with Crippen LogP contribution in [0.1, 0.15) is 59.3 Å². The molecule has 0 radical (unpaired) electrons. The Balaban J connectivity index is 3.50. The summed E-state index contributed by atoms with van der Waals surface area (Å²) < 4.78 is 5.14. The maximum absolute atomic E-state index is 11.5. The maximum Gasteiger partial charge on any atom is 0.323 e. The van der Waals surface area contributed by atoms with Gasteiger partial charge < -0.3 is 10.5 Å². The fraction of sp³-hybridized carbons (Fsp3) is 0.923. The summed E-state index contributed by atoms with van der Waals surface area (Å²) in [7, 11) is 0. The van der Waals surface area contributed by atoms with Crippen molar-refractivity contribution in [2.75, 3.05) is 6.61 Å². The molecule has 96 valence electrons. The molecule has 0 rings (SSSR count). The summed E-state index contributed by atoms with van der Waals surface area (Å²) in [4.78, 5) is 11.5. The lowest BCUT2D eigenvalue weighted by atomic mass is 10.0. The predicted molar refractivity (Wildman–Crippen MR) is 67.1 cm³/mol. The average Bonchev–Trinajstić information content (AvgIpc) is 2.31. The zero-order chi connectivity index (χ0) is 12.4. The van der Waals surface area contributed by atoms with E-state index in [4.69, 9.17) is 10.5 Å². The van der Waals surface area contributed by atoms with Gasteiger partial charge in [-0.1, -0.05) is 52.9 Å². The number of ether oxygens (including phenoxy) is 1. The Kier molecular flexibility index (Phi) is 9.30. The molecule has 0 fully saturated rings. The van der Waals surface area contributed by atoms with Crippen molar-refractivity contribution in [2.45, 2.75) is 65.3 Å². The molecule has 0 spiro atoms. The van der Waals surface area contributed by atoms with Crippen molar-refractivity contribution in [1.82, 2.24) is 0 Å². The van der Waals surface area contributed by atoms with Gasteiger partial charge in [-0.25, -0.2) is 0 Å². The summed E-state index contributed by atoms with van der Waals surface area (Å²) in [5.74, 6) is -0.0440. The van der Waals surface area contributed by atoms with E-state index >= 15 is 0 Å². The highest BCUT2D eigenvalue weighted by Gasteiger charge is 2.20. The first-order valence-electron chi connectivity index (χ1n) is 6.55. The Morgan fingerprint density at radius 2 is 1.81 bits per heavy atom. The molecule has 0 amide bonds. The zero-order valence-electron chi connectivity index (χ0n) is 11.0. The van der Waals surface area contributed by atoms with E-state index in [9.17, 15) is 4.79 Å². The first-order chi connectivity index (χ1) is 7.63. The highest BCUT2D eigenvalue weighted by Crippen LogP contribution is 2.08. The molecule has 0 aliphatic carbocycles. The number of hydrogen-bond donors (Lipinski definition) is 1. The van der Waals surface area contributed by atoms with Crippen molar-refractivity contribution in [2.24, 2.45) is 11.7 Å². The Bertz CT molecular complexity index is 183. The minimum absolute atomic E-state index is 0.201. The topological polar surface area (TPSA) is 52.3 Å². The Hall–Kier alpha value is -0.570. The van der Waals surface area contributed by atoms with Crippen LogP contribution in [0.3, 0.4) is 0 Å². The summed E-state index contributed by atoms with van der Waals surface area (Å²) >= 11 is 0. The number of carbonyl (C=O) groups excluding carboxylic acids is 1. The van der Waals surface area contributed by atoms with Gasteiger partial charge in [0.05, 0.1) is 6.61 Å². The molecule has 1 unspecified atom stereocenters. The van der Waals surface area contributed by atoms with Crippen LogP contribution in [-0.4, -0.2) is 18.6 Å². The third kappa shape index (κ3) is 6.83. The van der Waals surface area contributed by atoms with Crippen molar-refractivity contribution in [1.29, 1.82) is 0 Å². The zero-order valence-corrected chi connectivity index (χ0v) is 11.0. The minimum Gasteiger partial charge on any atom is -0.465 e. The van der Waals surface area contributed by atoms with E-state index in [1.807, 2.05) is 13.8 Å². The lowest BCUT2D eigenvalue weighted by Crippen LogP contribution is -2.38. The second-order valence-corrected chi connectivity index (χ2v) is 4.49. The fourth-order valence-electron chi connectivity index (χ4n) is 1.46. The van der Waals surface area contributed by atoms with Crippen molar-refractivity contribution >= 4 is 5.97 Å². The first-order valence-corrected chi connectivity index (χ1v) is 6.55. The summed E-state index contributed by atoms with van der Waals surface area (Å²) in [6.07, 6.45) is 6.73. The van der Waals surface area contributed by atoms with Crippen molar-refractivity contribution in [3.8, 4) is 0 Å². The average molecular weight is 229 g/mol. The third-order valence-corrected chi connectivity index (χ3v) is 3.02. The van der Waals surface area contributed by atoms with Gasteiger partial charge in [0, 0.05) is 0 Å². The van der Waals surface area contributed by atoms with Crippen LogP contribution in [0.4, 0.5) is 0 Å². The van der Waals surface area contributed by atoms with E-state index in [0.717, 1.165) is 19.3 Å². The van der Waals surface area contributed by atoms with Gasteiger partial charge in [0.15, 0.2) is 0 Å². The molecule has 3 nitrogen and oxygen atoms in total. The number of unbranched alkanes of at least 4 members (excludes halogenated alkanes) is 4. The van der Waals surface area contributed by atoms with Crippen LogP contribution in [0, 0.1) is 5.92 Å². The van der Waals surface area contributed by atoms with Crippen molar-refractivity contribution in [3.63, 3.8) is 0 Å². The molecule has 0 aromatic rings. The first kappa shape index (κ1) is 15.4. The Morgan fingerprint density at radius 1 is 1.19 bits per heavy atom. The normalized spacial score (nSPS) is 14.5. The van der Waals surface area contributed by atoms with Crippen LogP contribution < -0.4 is 5.73 Å². The van der Waals surface area contributed by atoms with Crippen LogP contribution >= 0.6 is 0 Å². The molecular weight excluding hydrogens is 202 g/mol. The maximum atomic E-state index is 11.5. The molecule has 0 aromatic heterocycles. The summed E-state index contributed by atoms with van der Waals surface area (Å²) in [5.41, 5.74) is 5.76. The number of carbonyl (C=O) groups is 1. The van der Waals surface area contributed by atoms with Gasteiger partial charge >= 0.3 is 5.97 Å². The molecule has 0 bridgehead atoms. The molecule has 0 aliphatic rings. The molecule has 2 N–H and O–H groups in total. The lowest BCUT2D eigenvalue weighted by molar-refractivity contribution is -0.146. The summed E-state index contributed by atoms with van der Waals surface area (Å²) in [5, 5.41) is 0. The highest BCUT2D eigenvalue weighted by atomic mass is 16.5. The lowest BCUT2D eigenvalue weighted by Gasteiger charge is -2.16. The van der Waals surface area contributed by atoms with Gasteiger partial charge in [-0.3, -0.25) is 4.79 Å². The largest absolute Gasteiger partial charge is 0.465 e.